The number of rotatable bonds is 9. The van der Waals surface area contributed by atoms with Crippen LogP contribution in [0.5, 0.6) is 0 Å². The van der Waals surface area contributed by atoms with Gasteiger partial charge in [0.15, 0.2) is 10.8 Å². The van der Waals surface area contributed by atoms with Gasteiger partial charge in [-0.25, -0.2) is 13.9 Å². The van der Waals surface area contributed by atoms with Crippen molar-refractivity contribution >= 4 is 41.5 Å². The Balaban J connectivity index is 1.78. The smallest absolute Gasteiger partial charge is 0.292 e. The Hall–Kier alpha value is -3.33. The van der Waals surface area contributed by atoms with E-state index in [0.717, 1.165) is 34.0 Å². The van der Waals surface area contributed by atoms with Crippen LogP contribution < -0.4 is 0 Å². The quantitative estimate of drug-likeness (QED) is 0.163. The summed E-state index contributed by atoms with van der Waals surface area (Å²) in [6.07, 6.45) is 1.39. The van der Waals surface area contributed by atoms with Crippen LogP contribution in [0.1, 0.15) is 44.8 Å². The second-order valence-corrected chi connectivity index (χ2v) is 9.72. The van der Waals surface area contributed by atoms with E-state index in [-0.39, 0.29) is 46.0 Å². The maximum atomic E-state index is 14.0. The minimum Gasteiger partial charge on any atom is -0.292 e. The third kappa shape index (κ3) is 4.45. The zero-order valence-electron chi connectivity index (χ0n) is 17.3. The topological polar surface area (TPSA) is 108 Å². The number of aromatic nitrogens is 2. The fourth-order valence-corrected chi connectivity index (χ4v) is 5.29. The van der Waals surface area contributed by atoms with Gasteiger partial charge < -0.3 is 0 Å². The van der Waals surface area contributed by atoms with Gasteiger partial charge in [-0.2, -0.15) is 0 Å². The fraction of sp³-hybridized carbons (Fsp3) is 0.136. The van der Waals surface area contributed by atoms with Crippen molar-refractivity contribution in [2.75, 3.05) is 0 Å². The Labute approximate surface area is 191 Å². The summed E-state index contributed by atoms with van der Waals surface area (Å²) in [6.45, 7) is 1.52. The van der Waals surface area contributed by atoms with E-state index in [2.05, 4.69) is 9.93 Å². The molecular formula is C22H17FN3O5PS. The van der Waals surface area contributed by atoms with Crippen molar-refractivity contribution in [3.8, 4) is 0 Å². The molecule has 0 amide bonds. The van der Waals surface area contributed by atoms with Crippen LogP contribution >= 0.6 is 19.0 Å². The van der Waals surface area contributed by atoms with Gasteiger partial charge in [-0.3, -0.25) is 18.5 Å². The molecule has 1 unspecified atom stereocenters. The average molecular weight is 485 g/mol. The molecule has 0 aliphatic heterocycles. The molecule has 0 saturated carbocycles. The molecule has 4 aromatic rings. The van der Waals surface area contributed by atoms with Crippen molar-refractivity contribution in [3.63, 3.8) is 0 Å². The lowest BCUT2D eigenvalue weighted by Gasteiger charge is -2.13. The first-order valence-electron chi connectivity index (χ1n) is 9.84. The molecule has 2 aromatic heterocycles. The number of nitrogens with zero attached hydrogens (tertiary/aromatic N) is 3. The van der Waals surface area contributed by atoms with E-state index in [0.29, 0.717) is 5.56 Å². The lowest BCUT2D eigenvalue weighted by atomic mass is 10.1. The predicted octanol–water partition coefficient (Wildman–Crippen LogP) is 6.00. The monoisotopic (exact) mass is 485 g/mol. The van der Waals surface area contributed by atoms with Crippen LogP contribution in [-0.2, 0) is 15.7 Å². The minimum atomic E-state index is -4.36. The second kappa shape index (κ2) is 9.27. The fourth-order valence-electron chi connectivity index (χ4n) is 3.24. The second-order valence-electron chi connectivity index (χ2n) is 7.02. The normalized spacial score (nSPS) is 13.0. The summed E-state index contributed by atoms with van der Waals surface area (Å²) in [5.74, 6) is -1.46. The van der Waals surface area contributed by atoms with Crippen LogP contribution in [0.3, 0.4) is 0 Å². The average Bonchev–Trinajstić information content (AvgIpc) is 3.48. The van der Waals surface area contributed by atoms with Gasteiger partial charge in [-0.1, -0.05) is 37.3 Å². The van der Waals surface area contributed by atoms with Crippen molar-refractivity contribution in [3.05, 3.63) is 92.7 Å². The lowest BCUT2D eigenvalue weighted by Crippen LogP contribution is -2.03. The van der Waals surface area contributed by atoms with Crippen molar-refractivity contribution in [1.29, 1.82) is 0 Å². The van der Waals surface area contributed by atoms with E-state index in [9.17, 15) is 23.5 Å². The van der Waals surface area contributed by atoms with E-state index in [1.807, 2.05) is 0 Å². The summed E-state index contributed by atoms with van der Waals surface area (Å²) >= 11 is 0.969. The third-order valence-electron chi connectivity index (χ3n) is 4.91. The molecule has 0 N–H and O–H groups in total. The number of nitroso groups, excluding NO2 is 1. The summed E-state index contributed by atoms with van der Waals surface area (Å²) in [5, 5.41) is 1.60. The van der Waals surface area contributed by atoms with Crippen LogP contribution in [-0.4, -0.2) is 20.9 Å². The largest absolute Gasteiger partial charge is 0.455 e. The molecule has 0 aliphatic carbocycles. The first-order chi connectivity index (χ1) is 15.9. The Bertz CT molecular complexity index is 1420. The summed E-state index contributed by atoms with van der Waals surface area (Å²) < 4.78 is 33.8. The van der Waals surface area contributed by atoms with Crippen LogP contribution in [0.4, 0.5) is 4.39 Å². The molecule has 0 fully saturated rings. The Morgan fingerprint density at radius 3 is 2.67 bits per heavy atom. The number of ketones is 2. The Morgan fingerprint density at radius 2 is 1.97 bits per heavy atom. The van der Waals surface area contributed by atoms with Crippen LogP contribution in [0.2, 0.25) is 0 Å². The zero-order chi connectivity index (χ0) is 23.6. The Kier molecular flexibility index (Phi) is 6.42. The lowest BCUT2D eigenvalue weighted by molar-refractivity contribution is 0.0984. The molecule has 0 aliphatic rings. The molecule has 33 heavy (non-hydrogen) atoms. The summed E-state index contributed by atoms with van der Waals surface area (Å²) in [6, 6.07) is 12.3. The van der Waals surface area contributed by atoms with Crippen LogP contribution in [0.25, 0.3) is 10.9 Å². The molecule has 2 heterocycles. The molecule has 0 radical (unpaired) electrons. The van der Waals surface area contributed by atoms with Gasteiger partial charge in [0.1, 0.15) is 11.5 Å². The minimum absolute atomic E-state index is 0.00853. The van der Waals surface area contributed by atoms with Gasteiger partial charge >= 0.3 is 7.67 Å². The van der Waals surface area contributed by atoms with Crippen molar-refractivity contribution in [1.82, 2.24) is 9.32 Å². The van der Waals surface area contributed by atoms with Gasteiger partial charge in [0.05, 0.1) is 17.7 Å². The van der Waals surface area contributed by atoms with E-state index in [4.69, 9.17) is 4.52 Å². The number of benzene rings is 2. The summed E-state index contributed by atoms with van der Waals surface area (Å²) in [5.41, 5.74) is 0.918. The molecular weight excluding hydrogens is 468 g/mol. The molecule has 0 saturated heterocycles. The molecule has 4 rings (SSSR count). The number of thiazole rings is 1. The molecule has 0 spiro atoms. The molecule has 8 nitrogen and oxygen atoms in total. The van der Waals surface area contributed by atoms with Gasteiger partial charge in [-0.05, 0) is 23.8 Å². The third-order valence-corrected chi connectivity index (χ3v) is 7.30. The van der Waals surface area contributed by atoms with Crippen molar-refractivity contribution in [2.24, 2.45) is 4.95 Å². The number of fused-ring (bicyclic) bond motifs is 1. The number of carbonyl (C=O) groups excluding carboxylic acids is 2. The number of Topliss-reactive ketones (excluding diaryl/α,β-unsaturated/α-hetero) is 1. The molecule has 1 atom stereocenters. The van der Waals surface area contributed by atoms with E-state index < -0.39 is 19.3 Å². The molecule has 0 bridgehead atoms. The SMILES string of the molecule is CCC(=O)c1csc(C(=O)c2cn(P(=O)(N=O)OCc3ccccc3)c3ccc(F)cc23)n1. The standard InChI is InChI=1S/C22H17FN3O5PS/c1-2-20(27)18-13-33-22(24-18)21(28)17-11-26(19-9-8-15(23)10-16(17)19)32(30,25-29)31-12-14-6-4-3-5-7-14/h3-11,13H,2,12H2,1H3. The zero-order valence-corrected chi connectivity index (χ0v) is 19.0. The summed E-state index contributed by atoms with van der Waals surface area (Å²) in [4.78, 5) is 43.5. The van der Waals surface area contributed by atoms with Gasteiger partial charge in [0, 0.05) is 28.3 Å². The number of hydrogen-bond acceptors (Lipinski definition) is 7. The van der Waals surface area contributed by atoms with E-state index >= 15 is 0 Å². The molecule has 168 valence electrons. The molecule has 11 heteroatoms. The first kappa shape index (κ1) is 22.8. The first-order valence-corrected chi connectivity index (χ1v) is 12.3. The maximum absolute atomic E-state index is 14.0. The van der Waals surface area contributed by atoms with Crippen molar-refractivity contribution < 1.29 is 23.1 Å². The summed E-state index contributed by atoms with van der Waals surface area (Å²) in [7, 11) is -4.36. The van der Waals surface area contributed by atoms with Gasteiger partial charge in [0.2, 0.25) is 5.78 Å². The van der Waals surface area contributed by atoms with Gasteiger partial charge in [0.25, 0.3) is 0 Å². The Morgan fingerprint density at radius 1 is 1.21 bits per heavy atom. The highest BCUT2D eigenvalue weighted by Crippen LogP contribution is 2.53. The van der Waals surface area contributed by atoms with E-state index in [1.54, 1.807) is 37.3 Å². The maximum Gasteiger partial charge on any atom is 0.455 e. The van der Waals surface area contributed by atoms with Crippen molar-refractivity contribution in [2.45, 2.75) is 20.0 Å². The number of halogens is 1. The van der Waals surface area contributed by atoms with Crippen LogP contribution in [0.15, 0.2) is 65.1 Å². The predicted molar refractivity (Wildman–Crippen MR) is 122 cm³/mol. The highest BCUT2D eigenvalue weighted by atomic mass is 32.1. The highest BCUT2D eigenvalue weighted by Gasteiger charge is 2.32. The number of hydrogen-bond donors (Lipinski definition) is 0. The highest BCUT2D eigenvalue weighted by molar-refractivity contribution is 7.56. The van der Waals surface area contributed by atoms with Gasteiger partial charge in [-0.15, -0.1) is 16.2 Å². The number of carbonyl (C=O) groups is 2. The van der Waals surface area contributed by atoms with E-state index in [1.165, 1.54) is 11.4 Å². The molecule has 2 aromatic carbocycles. The van der Waals surface area contributed by atoms with Crippen LogP contribution in [0, 0.1) is 10.7 Å².